The molecule has 1 aromatic carbocycles. The van der Waals surface area contributed by atoms with Gasteiger partial charge in [0.25, 0.3) is 0 Å². The Kier molecular flexibility index (Phi) is 6.46. The Balaban J connectivity index is 1.50. The number of aliphatic carboxylic acids is 1. The summed E-state index contributed by atoms with van der Waals surface area (Å²) >= 11 is 0. The zero-order chi connectivity index (χ0) is 19.4. The number of benzene rings is 1. The second-order valence-electron chi connectivity index (χ2n) is 9.41. The molecule has 0 unspecified atom stereocenters. The van der Waals surface area contributed by atoms with Gasteiger partial charge in [-0.3, -0.25) is 9.69 Å². The zero-order valence-electron chi connectivity index (χ0n) is 17.2. The van der Waals surface area contributed by atoms with Crippen LogP contribution in [0.4, 0.5) is 0 Å². The van der Waals surface area contributed by atoms with Crippen molar-refractivity contribution in [2.45, 2.75) is 78.4 Å². The average molecular weight is 374 g/mol. The molecular weight excluding hydrogens is 338 g/mol. The van der Waals surface area contributed by atoms with E-state index in [2.05, 4.69) is 43.9 Å². The quantitative estimate of drug-likeness (QED) is 0.771. The number of rotatable bonds is 6. The predicted octanol–water partition coefficient (Wildman–Crippen LogP) is 4.89. The van der Waals surface area contributed by atoms with E-state index in [0.717, 1.165) is 57.0 Å². The second kappa shape index (κ2) is 8.64. The molecule has 3 rings (SSSR count). The molecule has 150 valence electrons. The van der Waals surface area contributed by atoms with Crippen LogP contribution in [0.5, 0.6) is 5.75 Å². The first-order valence-electron chi connectivity index (χ1n) is 10.5. The predicted molar refractivity (Wildman–Crippen MR) is 108 cm³/mol. The van der Waals surface area contributed by atoms with Gasteiger partial charge in [-0.2, -0.15) is 0 Å². The molecule has 1 fully saturated rings. The molecule has 0 spiro atoms. The molecule has 1 saturated carbocycles. The molecular formula is C23H35NO3. The van der Waals surface area contributed by atoms with Crippen LogP contribution in [0, 0.1) is 11.3 Å². The molecule has 1 aliphatic carbocycles. The largest absolute Gasteiger partial charge is 0.490 e. The van der Waals surface area contributed by atoms with Crippen molar-refractivity contribution in [2.24, 2.45) is 11.3 Å². The normalized spacial score (nSPS) is 23.7. The summed E-state index contributed by atoms with van der Waals surface area (Å²) in [5, 5.41) is 8.79. The molecule has 0 atom stereocenters. The Bertz CT molecular complexity index is 642. The SMILES string of the molecule is CC(C)(C)[C@H]1CC[C@@H](Oc2ccc3c(c2)CCN(CCCC(=O)O)C3)CC1. The maximum Gasteiger partial charge on any atom is 0.303 e. The molecule has 1 N–H and O–H groups in total. The molecule has 0 saturated heterocycles. The summed E-state index contributed by atoms with van der Waals surface area (Å²) in [5.41, 5.74) is 3.17. The molecule has 0 bridgehead atoms. The van der Waals surface area contributed by atoms with Crippen molar-refractivity contribution in [2.75, 3.05) is 13.1 Å². The first kappa shape index (κ1) is 20.2. The number of carboxylic acids is 1. The van der Waals surface area contributed by atoms with E-state index in [9.17, 15) is 4.79 Å². The lowest BCUT2D eigenvalue weighted by Gasteiger charge is -2.37. The van der Waals surface area contributed by atoms with Gasteiger partial charge in [-0.1, -0.05) is 26.8 Å². The van der Waals surface area contributed by atoms with Crippen molar-refractivity contribution >= 4 is 5.97 Å². The third-order valence-corrected chi connectivity index (χ3v) is 6.34. The standard InChI is InChI=1S/C23H35NO3/c1-23(2,3)19-7-10-20(11-8-19)27-21-9-6-18-16-24(13-4-5-22(25)26)14-12-17(18)15-21/h6,9,15,19-20H,4-5,7-8,10-14,16H2,1-3H3,(H,25,26)/t19-,20+. The summed E-state index contributed by atoms with van der Waals surface area (Å²) < 4.78 is 6.32. The fourth-order valence-electron chi connectivity index (χ4n) is 4.55. The smallest absolute Gasteiger partial charge is 0.303 e. The van der Waals surface area contributed by atoms with Gasteiger partial charge >= 0.3 is 5.97 Å². The van der Waals surface area contributed by atoms with E-state index >= 15 is 0 Å². The molecule has 1 aliphatic heterocycles. The number of carbonyl (C=O) groups is 1. The molecule has 4 heteroatoms. The Labute approximate surface area is 163 Å². The molecule has 2 aliphatic rings. The van der Waals surface area contributed by atoms with Gasteiger partial charge in [0.15, 0.2) is 0 Å². The maximum atomic E-state index is 10.7. The molecule has 1 aromatic rings. The topological polar surface area (TPSA) is 49.8 Å². The minimum atomic E-state index is -0.703. The van der Waals surface area contributed by atoms with E-state index in [1.165, 1.54) is 24.0 Å². The van der Waals surface area contributed by atoms with Crippen LogP contribution >= 0.6 is 0 Å². The summed E-state index contributed by atoms with van der Waals surface area (Å²) in [5.74, 6) is 1.13. The van der Waals surface area contributed by atoms with E-state index in [1.807, 2.05) is 0 Å². The van der Waals surface area contributed by atoms with E-state index < -0.39 is 5.97 Å². The molecule has 1 heterocycles. The third kappa shape index (κ3) is 5.71. The first-order chi connectivity index (χ1) is 12.8. The lowest BCUT2D eigenvalue weighted by Crippen LogP contribution is -2.32. The average Bonchev–Trinajstić information content (AvgIpc) is 2.61. The maximum absolute atomic E-state index is 10.7. The highest BCUT2D eigenvalue weighted by atomic mass is 16.5. The van der Waals surface area contributed by atoms with Crippen LogP contribution in [0.25, 0.3) is 0 Å². The highest BCUT2D eigenvalue weighted by Gasteiger charge is 2.30. The van der Waals surface area contributed by atoms with Gasteiger partial charge < -0.3 is 9.84 Å². The van der Waals surface area contributed by atoms with Crippen molar-refractivity contribution in [3.05, 3.63) is 29.3 Å². The summed E-state index contributed by atoms with van der Waals surface area (Å²) in [7, 11) is 0. The lowest BCUT2D eigenvalue weighted by atomic mass is 9.72. The van der Waals surface area contributed by atoms with Crippen molar-refractivity contribution in [1.29, 1.82) is 0 Å². The van der Waals surface area contributed by atoms with Crippen molar-refractivity contribution in [3.8, 4) is 5.75 Å². The number of hydrogen-bond acceptors (Lipinski definition) is 3. The van der Waals surface area contributed by atoms with Crippen molar-refractivity contribution < 1.29 is 14.6 Å². The van der Waals surface area contributed by atoms with Gasteiger partial charge in [0.2, 0.25) is 0 Å². The molecule has 0 aromatic heterocycles. The van der Waals surface area contributed by atoms with E-state index in [0.29, 0.717) is 11.5 Å². The summed E-state index contributed by atoms with van der Waals surface area (Å²) in [6.45, 7) is 9.85. The van der Waals surface area contributed by atoms with Crippen LogP contribution in [0.3, 0.4) is 0 Å². The van der Waals surface area contributed by atoms with Gasteiger partial charge in [0.1, 0.15) is 5.75 Å². The third-order valence-electron chi connectivity index (χ3n) is 6.34. The number of fused-ring (bicyclic) bond motifs is 1. The fraction of sp³-hybridized carbons (Fsp3) is 0.696. The van der Waals surface area contributed by atoms with E-state index in [-0.39, 0.29) is 6.42 Å². The second-order valence-corrected chi connectivity index (χ2v) is 9.41. The summed E-state index contributed by atoms with van der Waals surface area (Å²) in [4.78, 5) is 13.0. The number of hydrogen-bond donors (Lipinski definition) is 1. The van der Waals surface area contributed by atoms with Crippen LogP contribution in [-0.2, 0) is 17.8 Å². The van der Waals surface area contributed by atoms with E-state index in [4.69, 9.17) is 9.84 Å². The van der Waals surface area contributed by atoms with Crippen LogP contribution in [0.2, 0.25) is 0 Å². The Hall–Kier alpha value is -1.55. The number of nitrogens with zero attached hydrogens (tertiary/aromatic N) is 1. The van der Waals surface area contributed by atoms with Gasteiger partial charge in [-0.05, 0) is 79.7 Å². The Morgan fingerprint density at radius 1 is 1.19 bits per heavy atom. The highest BCUT2D eigenvalue weighted by Crippen LogP contribution is 2.39. The van der Waals surface area contributed by atoms with Gasteiger partial charge in [-0.15, -0.1) is 0 Å². The van der Waals surface area contributed by atoms with Crippen molar-refractivity contribution in [3.63, 3.8) is 0 Å². The molecule has 0 radical (unpaired) electrons. The molecule has 27 heavy (non-hydrogen) atoms. The van der Waals surface area contributed by atoms with Crippen LogP contribution in [0.15, 0.2) is 18.2 Å². The van der Waals surface area contributed by atoms with Crippen LogP contribution < -0.4 is 4.74 Å². The van der Waals surface area contributed by atoms with Crippen LogP contribution in [-0.4, -0.2) is 35.2 Å². The zero-order valence-corrected chi connectivity index (χ0v) is 17.2. The summed E-state index contributed by atoms with van der Waals surface area (Å²) in [6.07, 6.45) is 7.23. The fourth-order valence-corrected chi connectivity index (χ4v) is 4.55. The number of ether oxygens (including phenoxy) is 1. The van der Waals surface area contributed by atoms with Gasteiger partial charge in [-0.25, -0.2) is 0 Å². The highest BCUT2D eigenvalue weighted by molar-refractivity contribution is 5.66. The first-order valence-corrected chi connectivity index (χ1v) is 10.5. The van der Waals surface area contributed by atoms with Crippen LogP contribution in [0.1, 0.15) is 70.4 Å². The summed E-state index contributed by atoms with van der Waals surface area (Å²) in [6, 6.07) is 6.56. The monoisotopic (exact) mass is 373 g/mol. The lowest BCUT2D eigenvalue weighted by molar-refractivity contribution is -0.137. The molecule has 4 nitrogen and oxygen atoms in total. The van der Waals surface area contributed by atoms with Gasteiger partial charge in [0, 0.05) is 19.5 Å². The minimum absolute atomic E-state index is 0.258. The Morgan fingerprint density at radius 2 is 1.93 bits per heavy atom. The van der Waals surface area contributed by atoms with E-state index in [1.54, 1.807) is 0 Å². The van der Waals surface area contributed by atoms with Gasteiger partial charge in [0.05, 0.1) is 6.10 Å². The minimum Gasteiger partial charge on any atom is -0.490 e. The molecule has 0 amide bonds. The van der Waals surface area contributed by atoms with Crippen molar-refractivity contribution in [1.82, 2.24) is 4.90 Å². The Morgan fingerprint density at radius 3 is 2.59 bits per heavy atom. The number of carboxylic acid groups (broad SMARTS) is 1.